The Morgan fingerprint density at radius 3 is 2.41 bits per heavy atom. The lowest BCUT2D eigenvalue weighted by Crippen LogP contribution is -2.48. The Morgan fingerprint density at radius 1 is 1.03 bits per heavy atom. The van der Waals surface area contributed by atoms with Crippen LogP contribution in [0.3, 0.4) is 0 Å². The van der Waals surface area contributed by atoms with E-state index >= 15 is 0 Å². The molecule has 2 aromatic rings. The first kappa shape index (κ1) is 23.0. The van der Waals surface area contributed by atoms with E-state index in [2.05, 4.69) is 33.3 Å². The zero-order valence-electron chi connectivity index (χ0n) is 20.1. The Labute approximate surface area is 192 Å². The predicted molar refractivity (Wildman–Crippen MR) is 130 cm³/mol. The lowest BCUT2D eigenvalue weighted by atomic mass is 9.97. The molecule has 0 bridgehead atoms. The molecule has 0 radical (unpaired) electrons. The summed E-state index contributed by atoms with van der Waals surface area (Å²) in [5.74, 6) is 1.78. The Bertz CT molecular complexity index is 986. The maximum absolute atomic E-state index is 12.2. The normalized spacial score (nSPS) is 18.8. The van der Waals surface area contributed by atoms with Crippen molar-refractivity contribution >= 4 is 0 Å². The molecule has 1 aromatic carbocycles. The first-order chi connectivity index (χ1) is 15.5. The van der Waals surface area contributed by atoms with Crippen LogP contribution in [-0.2, 0) is 13.6 Å². The van der Waals surface area contributed by atoms with Crippen LogP contribution in [0.4, 0.5) is 0 Å². The van der Waals surface area contributed by atoms with Crippen LogP contribution in [0.1, 0.15) is 29.5 Å². The van der Waals surface area contributed by atoms with Gasteiger partial charge in [-0.1, -0.05) is 12.1 Å². The fourth-order valence-electron chi connectivity index (χ4n) is 5.11. The molecule has 1 aromatic heterocycles. The van der Waals surface area contributed by atoms with Crippen LogP contribution in [0, 0.1) is 19.8 Å². The molecule has 0 spiro atoms. The standard InChI is InChI=1S/C26H38N4O2/c1-19-20(2)26(31)28(3)18-24(19)22-5-6-23(25(15-22)32-4)17-30-13-11-29(12-14-30)16-21-7-9-27-10-8-21/h5-6,15,18,21,27H,7-14,16-17H2,1-4H3. The molecule has 0 unspecified atom stereocenters. The van der Waals surface area contributed by atoms with Crippen molar-refractivity contribution in [3.05, 3.63) is 51.4 Å². The molecule has 2 aliphatic heterocycles. The minimum absolute atomic E-state index is 0.0640. The number of aryl methyl sites for hydroxylation is 1. The molecule has 174 valence electrons. The Hall–Kier alpha value is -2.15. The number of hydrogen-bond acceptors (Lipinski definition) is 5. The molecule has 2 aliphatic rings. The van der Waals surface area contributed by atoms with Crippen molar-refractivity contribution in [1.82, 2.24) is 19.7 Å². The van der Waals surface area contributed by atoms with Gasteiger partial charge in [0.15, 0.2) is 0 Å². The van der Waals surface area contributed by atoms with E-state index in [1.54, 1.807) is 11.7 Å². The molecular formula is C26H38N4O2. The first-order valence-corrected chi connectivity index (χ1v) is 12.0. The lowest BCUT2D eigenvalue weighted by molar-refractivity contribution is 0.106. The van der Waals surface area contributed by atoms with Gasteiger partial charge in [-0.05, 0) is 62.9 Å². The van der Waals surface area contributed by atoms with Gasteiger partial charge in [-0.25, -0.2) is 0 Å². The summed E-state index contributed by atoms with van der Waals surface area (Å²) in [6.45, 7) is 13.0. The number of pyridine rings is 1. The van der Waals surface area contributed by atoms with Gasteiger partial charge in [-0.2, -0.15) is 0 Å². The van der Waals surface area contributed by atoms with Gasteiger partial charge in [-0.3, -0.25) is 9.69 Å². The summed E-state index contributed by atoms with van der Waals surface area (Å²) >= 11 is 0. The minimum atomic E-state index is 0.0640. The summed E-state index contributed by atoms with van der Waals surface area (Å²) in [5.41, 5.74) is 5.30. The van der Waals surface area contributed by atoms with Crippen molar-refractivity contribution in [2.24, 2.45) is 13.0 Å². The van der Waals surface area contributed by atoms with Crippen molar-refractivity contribution in [2.45, 2.75) is 33.2 Å². The largest absolute Gasteiger partial charge is 0.496 e. The molecule has 6 nitrogen and oxygen atoms in total. The Kier molecular flexibility index (Phi) is 7.33. The molecule has 0 atom stereocenters. The van der Waals surface area contributed by atoms with E-state index < -0.39 is 0 Å². The highest BCUT2D eigenvalue weighted by atomic mass is 16.5. The third kappa shape index (κ3) is 5.08. The molecule has 2 fully saturated rings. The highest BCUT2D eigenvalue weighted by Gasteiger charge is 2.22. The maximum atomic E-state index is 12.2. The van der Waals surface area contributed by atoms with E-state index in [-0.39, 0.29) is 5.56 Å². The van der Waals surface area contributed by atoms with E-state index in [1.165, 1.54) is 38.0 Å². The van der Waals surface area contributed by atoms with Crippen LogP contribution >= 0.6 is 0 Å². The second-order valence-corrected chi connectivity index (χ2v) is 9.51. The summed E-state index contributed by atoms with van der Waals surface area (Å²) in [6.07, 6.45) is 4.57. The fourth-order valence-corrected chi connectivity index (χ4v) is 5.11. The Balaban J connectivity index is 1.42. The number of benzene rings is 1. The number of nitrogens with one attached hydrogen (secondary N) is 1. The SMILES string of the molecule is COc1cc(-c2cn(C)c(=O)c(C)c2C)ccc1CN1CCN(CC2CCNCC2)CC1. The smallest absolute Gasteiger partial charge is 0.253 e. The second-order valence-electron chi connectivity index (χ2n) is 9.51. The predicted octanol–water partition coefficient (Wildman–Crippen LogP) is 2.79. The highest BCUT2D eigenvalue weighted by molar-refractivity contribution is 5.69. The summed E-state index contributed by atoms with van der Waals surface area (Å²) in [7, 11) is 3.56. The number of rotatable bonds is 6. The number of aromatic nitrogens is 1. The van der Waals surface area contributed by atoms with Crippen molar-refractivity contribution in [2.75, 3.05) is 52.9 Å². The zero-order valence-corrected chi connectivity index (χ0v) is 20.1. The van der Waals surface area contributed by atoms with Gasteiger partial charge in [0, 0.05) is 69.2 Å². The van der Waals surface area contributed by atoms with Gasteiger partial charge in [0.05, 0.1) is 7.11 Å². The lowest BCUT2D eigenvalue weighted by Gasteiger charge is -2.37. The van der Waals surface area contributed by atoms with Gasteiger partial charge in [0.1, 0.15) is 5.75 Å². The third-order valence-corrected chi connectivity index (χ3v) is 7.36. The van der Waals surface area contributed by atoms with Crippen molar-refractivity contribution in [1.29, 1.82) is 0 Å². The quantitative estimate of drug-likeness (QED) is 0.752. The maximum Gasteiger partial charge on any atom is 0.253 e. The van der Waals surface area contributed by atoms with Crippen LogP contribution in [0.5, 0.6) is 5.75 Å². The number of methoxy groups -OCH3 is 1. The number of piperidine rings is 1. The minimum Gasteiger partial charge on any atom is -0.496 e. The Morgan fingerprint density at radius 2 is 1.72 bits per heavy atom. The molecule has 32 heavy (non-hydrogen) atoms. The van der Waals surface area contributed by atoms with Gasteiger partial charge < -0.3 is 19.5 Å². The average molecular weight is 439 g/mol. The van der Waals surface area contributed by atoms with E-state index in [1.807, 2.05) is 27.1 Å². The van der Waals surface area contributed by atoms with Gasteiger partial charge in [-0.15, -0.1) is 0 Å². The topological polar surface area (TPSA) is 49.7 Å². The van der Waals surface area contributed by atoms with Gasteiger partial charge in [0.2, 0.25) is 0 Å². The number of hydrogen-bond donors (Lipinski definition) is 1. The fraction of sp³-hybridized carbons (Fsp3) is 0.577. The zero-order chi connectivity index (χ0) is 22.7. The molecule has 1 N–H and O–H groups in total. The van der Waals surface area contributed by atoms with E-state index in [9.17, 15) is 4.79 Å². The molecular weight excluding hydrogens is 400 g/mol. The summed E-state index contributed by atoms with van der Waals surface area (Å²) in [4.78, 5) is 17.4. The molecule has 2 saturated heterocycles. The molecule has 0 saturated carbocycles. The van der Waals surface area contributed by atoms with Crippen molar-refractivity contribution < 1.29 is 4.74 Å². The second kappa shape index (κ2) is 10.2. The average Bonchev–Trinajstić information content (AvgIpc) is 2.82. The number of ether oxygens (including phenoxy) is 1. The summed E-state index contributed by atoms with van der Waals surface area (Å²) in [6, 6.07) is 6.47. The van der Waals surface area contributed by atoms with E-state index in [4.69, 9.17) is 4.74 Å². The monoisotopic (exact) mass is 438 g/mol. The van der Waals surface area contributed by atoms with Gasteiger partial charge in [0.25, 0.3) is 5.56 Å². The number of nitrogens with zero attached hydrogens (tertiary/aromatic N) is 3. The van der Waals surface area contributed by atoms with Crippen LogP contribution < -0.4 is 15.6 Å². The molecule has 3 heterocycles. The van der Waals surface area contributed by atoms with Gasteiger partial charge >= 0.3 is 0 Å². The van der Waals surface area contributed by atoms with Crippen LogP contribution in [0.15, 0.2) is 29.2 Å². The van der Waals surface area contributed by atoms with Crippen LogP contribution in [-0.4, -0.2) is 67.3 Å². The molecule has 0 aliphatic carbocycles. The number of piperazine rings is 1. The first-order valence-electron chi connectivity index (χ1n) is 12.0. The summed E-state index contributed by atoms with van der Waals surface area (Å²) < 4.78 is 7.45. The van der Waals surface area contributed by atoms with Crippen LogP contribution in [0.2, 0.25) is 0 Å². The van der Waals surface area contributed by atoms with Crippen molar-refractivity contribution in [3.8, 4) is 16.9 Å². The van der Waals surface area contributed by atoms with Crippen LogP contribution in [0.25, 0.3) is 11.1 Å². The molecule has 4 rings (SSSR count). The van der Waals surface area contributed by atoms with Crippen molar-refractivity contribution in [3.63, 3.8) is 0 Å². The third-order valence-electron chi connectivity index (χ3n) is 7.36. The summed E-state index contributed by atoms with van der Waals surface area (Å²) in [5, 5.41) is 3.47. The molecule has 0 amide bonds. The van der Waals surface area contributed by atoms with E-state index in [0.29, 0.717) is 0 Å². The highest BCUT2D eigenvalue weighted by Crippen LogP contribution is 2.30. The van der Waals surface area contributed by atoms with E-state index in [0.717, 1.165) is 66.6 Å². The molecule has 6 heteroatoms.